The molecule has 1 heterocycles. The zero-order valence-electron chi connectivity index (χ0n) is 14.2. The van der Waals surface area contributed by atoms with Crippen molar-refractivity contribution in [2.45, 2.75) is 25.8 Å². The lowest BCUT2D eigenvalue weighted by Gasteiger charge is -2.24. The minimum Gasteiger partial charge on any atom is -0.465 e. The monoisotopic (exact) mass is 326 g/mol. The number of carbonyl (C=O) groups is 2. The Hall–Kier alpha value is -2.69. The molecule has 126 valence electrons. The third-order valence-electron chi connectivity index (χ3n) is 4.09. The number of aryl methyl sites for hydroxylation is 1. The predicted molar refractivity (Wildman–Crippen MR) is 91.5 cm³/mol. The van der Waals surface area contributed by atoms with Crippen LogP contribution in [0.4, 0.5) is 0 Å². The van der Waals surface area contributed by atoms with E-state index in [2.05, 4.69) is 9.72 Å². The molecule has 1 unspecified atom stereocenters. The van der Waals surface area contributed by atoms with E-state index >= 15 is 0 Å². The zero-order valence-corrected chi connectivity index (χ0v) is 14.2. The van der Waals surface area contributed by atoms with Gasteiger partial charge in [-0.3, -0.25) is 9.78 Å². The normalized spacial score (nSPS) is 11.6. The molecule has 0 radical (unpaired) electrons. The molecule has 2 rings (SSSR count). The lowest BCUT2D eigenvalue weighted by Crippen LogP contribution is -2.30. The molecular weight excluding hydrogens is 304 g/mol. The Labute approximate surface area is 142 Å². The van der Waals surface area contributed by atoms with Crippen molar-refractivity contribution in [1.29, 1.82) is 0 Å². The molecule has 1 aromatic carbocycles. The summed E-state index contributed by atoms with van der Waals surface area (Å²) in [5.74, 6) is -0.299. The molecule has 5 heteroatoms. The fourth-order valence-electron chi connectivity index (χ4n) is 2.39. The number of nitrogens with zero attached hydrogens (tertiary/aromatic N) is 2. The summed E-state index contributed by atoms with van der Waals surface area (Å²) < 4.78 is 4.67. The van der Waals surface area contributed by atoms with Gasteiger partial charge in [0.25, 0.3) is 0 Å². The first kappa shape index (κ1) is 17.7. The molecule has 0 fully saturated rings. The van der Waals surface area contributed by atoms with Crippen LogP contribution in [0.3, 0.4) is 0 Å². The molecule has 5 nitrogen and oxygen atoms in total. The number of methoxy groups -OCH3 is 1. The summed E-state index contributed by atoms with van der Waals surface area (Å²) in [6.07, 6.45) is 2.76. The zero-order chi connectivity index (χ0) is 17.5. The highest BCUT2D eigenvalue weighted by molar-refractivity contribution is 5.89. The SMILES string of the molecule is COC(=O)c1ccc(CCC(=O)N(C)C(C)c2ccccn2)cc1. The van der Waals surface area contributed by atoms with Crippen molar-refractivity contribution in [2.24, 2.45) is 0 Å². The van der Waals surface area contributed by atoms with Gasteiger partial charge in [-0.1, -0.05) is 18.2 Å². The maximum Gasteiger partial charge on any atom is 0.337 e. The van der Waals surface area contributed by atoms with Crippen molar-refractivity contribution in [3.05, 3.63) is 65.5 Å². The maximum absolute atomic E-state index is 12.4. The van der Waals surface area contributed by atoms with Crippen LogP contribution < -0.4 is 0 Å². The Morgan fingerprint density at radius 3 is 2.46 bits per heavy atom. The minimum atomic E-state index is -0.360. The second kappa shape index (κ2) is 8.24. The van der Waals surface area contributed by atoms with Crippen LogP contribution in [0.15, 0.2) is 48.7 Å². The summed E-state index contributed by atoms with van der Waals surface area (Å²) in [5.41, 5.74) is 2.39. The number of aromatic nitrogens is 1. The summed E-state index contributed by atoms with van der Waals surface area (Å²) in [7, 11) is 3.15. The molecule has 0 aliphatic rings. The molecule has 2 aromatic rings. The van der Waals surface area contributed by atoms with E-state index in [9.17, 15) is 9.59 Å². The first-order valence-corrected chi connectivity index (χ1v) is 7.86. The largest absolute Gasteiger partial charge is 0.465 e. The van der Waals surface area contributed by atoms with Crippen molar-refractivity contribution in [3.63, 3.8) is 0 Å². The fraction of sp³-hybridized carbons (Fsp3) is 0.316. The van der Waals surface area contributed by atoms with Crippen LogP contribution in [0.1, 0.15) is 41.0 Å². The number of ether oxygens (including phenoxy) is 1. The molecule has 1 aromatic heterocycles. The summed E-state index contributed by atoms with van der Waals surface area (Å²) >= 11 is 0. The van der Waals surface area contributed by atoms with Gasteiger partial charge in [0.05, 0.1) is 24.4 Å². The Kier molecular flexibility index (Phi) is 6.07. The summed E-state index contributed by atoms with van der Waals surface area (Å²) in [6.45, 7) is 1.96. The molecule has 0 aliphatic carbocycles. The van der Waals surface area contributed by atoms with Gasteiger partial charge in [-0.25, -0.2) is 4.79 Å². The molecule has 0 spiro atoms. The molecular formula is C19H22N2O3. The van der Waals surface area contributed by atoms with Gasteiger partial charge >= 0.3 is 5.97 Å². The van der Waals surface area contributed by atoms with E-state index in [0.717, 1.165) is 11.3 Å². The fourth-order valence-corrected chi connectivity index (χ4v) is 2.39. The smallest absolute Gasteiger partial charge is 0.337 e. The Balaban J connectivity index is 1.91. The van der Waals surface area contributed by atoms with E-state index < -0.39 is 0 Å². The number of pyridine rings is 1. The Bertz CT molecular complexity index is 684. The van der Waals surface area contributed by atoms with Gasteiger partial charge in [0.2, 0.25) is 5.91 Å². The van der Waals surface area contributed by atoms with Crippen molar-refractivity contribution < 1.29 is 14.3 Å². The van der Waals surface area contributed by atoms with Crippen LogP contribution in [0.25, 0.3) is 0 Å². The molecule has 1 amide bonds. The van der Waals surface area contributed by atoms with Crippen LogP contribution in [-0.4, -0.2) is 35.9 Å². The van der Waals surface area contributed by atoms with Gasteiger partial charge < -0.3 is 9.64 Å². The van der Waals surface area contributed by atoms with Gasteiger partial charge in [0.1, 0.15) is 0 Å². The van der Waals surface area contributed by atoms with Gasteiger partial charge in [-0.2, -0.15) is 0 Å². The lowest BCUT2D eigenvalue weighted by molar-refractivity contribution is -0.131. The first-order valence-electron chi connectivity index (χ1n) is 7.86. The predicted octanol–water partition coefficient (Wildman–Crippen LogP) is 3.02. The first-order chi connectivity index (χ1) is 11.5. The van der Waals surface area contributed by atoms with E-state index in [1.54, 1.807) is 30.3 Å². The van der Waals surface area contributed by atoms with E-state index in [1.165, 1.54) is 7.11 Å². The van der Waals surface area contributed by atoms with Crippen LogP contribution in [0, 0.1) is 0 Å². The number of amides is 1. The standard InChI is InChI=1S/C19H22N2O3/c1-14(17-6-4-5-13-20-17)21(2)18(22)12-9-15-7-10-16(11-8-15)19(23)24-3/h4-8,10-11,13-14H,9,12H2,1-3H3. The number of rotatable bonds is 6. The van der Waals surface area contributed by atoms with Gasteiger partial charge in [0.15, 0.2) is 0 Å². The summed E-state index contributed by atoms with van der Waals surface area (Å²) in [6, 6.07) is 12.7. The van der Waals surface area contributed by atoms with Gasteiger partial charge in [-0.15, -0.1) is 0 Å². The lowest BCUT2D eigenvalue weighted by atomic mass is 10.1. The quantitative estimate of drug-likeness (QED) is 0.766. The van der Waals surface area contributed by atoms with Crippen molar-refractivity contribution in [2.75, 3.05) is 14.2 Å². The molecule has 0 aliphatic heterocycles. The third kappa shape index (κ3) is 4.41. The number of carbonyl (C=O) groups excluding carboxylic acids is 2. The Morgan fingerprint density at radius 2 is 1.88 bits per heavy atom. The van der Waals surface area contributed by atoms with Crippen molar-refractivity contribution in [3.8, 4) is 0 Å². The van der Waals surface area contributed by atoms with Gasteiger partial charge in [-0.05, 0) is 43.2 Å². The summed E-state index contributed by atoms with van der Waals surface area (Å²) in [4.78, 5) is 29.8. The molecule has 0 bridgehead atoms. The average molecular weight is 326 g/mol. The van der Waals surface area contributed by atoms with Crippen LogP contribution >= 0.6 is 0 Å². The molecule has 1 atom stereocenters. The second-order valence-corrected chi connectivity index (χ2v) is 5.62. The van der Waals surface area contributed by atoms with E-state index in [-0.39, 0.29) is 17.9 Å². The third-order valence-corrected chi connectivity index (χ3v) is 4.09. The molecule has 24 heavy (non-hydrogen) atoms. The van der Waals surface area contributed by atoms with E-state index in [4.69, 9.17) is 0 Å². The highest BCUT2D eigenvalue weighted by Crippen LogP contribution is 2.17. The number of hydrogen-bond donors (Lipinski definition) is 0. The minimum absolute atomic E-state index is 0.0604. The number of benzene rings is 1. The van der Waals surface area contributed by atoms with Crippen LogP contribution in [0.5, 0.6) is 0 Å². The topological polar surface area (TPSA) is 59.5 Å². The summed E-state index contributed by atoms with van der Waals surface area (Å²) in [5, 5.41) is 0. The molecule has 0 N–H and O–H groups in total. The average Bonchev–Trinajstić information content (AvgIpc) is 2.65. The van der Waals surface area contributed by atoms with Crippen LogP contribution in [0.2, 0.25) is 0 Å². The second-order valence-electron chi connectivity index (χ2n) is 5.62. The Morgan fingerprint density at radius 1 is 1.17 bits per heavy atom. The number of hydrogen-bond acceptors (Lipinski definition) is 4. The molecule has 0 saturated carbocycles. The van der Waals surface area contributed by atoms with Crippen molar-refractivity contribution >= 4 is 11.9 Å². The van der Waals surface area contributed by atoms with E-state index in [1.807, 2.05) is 37.3 Å². The van der Waals surface area contributed by atoms with Gasteiger partial charge in [0, 0.05) is 19.7 Å². The molecule has 0 saturated heterocycles. The maximum atomic E-state index is 12.4. The van der Waals surface area contributed by atoms with Crippen molar-refractivity contribution in [1.82, 2.24) is 9.88 Å². The van der Waals surface area contributed by atoms with E-state index in [0.29, 0.717) is 18.4 Å². The highest BCUT2D eigenvalue weighted by Gasteiger charge is 2.18. The highest BCUT2D eigenvalue weighted by atomic mass is 16.5. The number of esters is 1. The van der Waals surface area contributed by atoms with Crippen LogP contribution in [-0.2, 0) is 16.0 Å².